The molecule has 3 aromatic rings. The predicted molar refractivity (Wildman–Crippen MR) is 142 cm³/mol. The highest BCUT2D eigenvalue weighted by Gasteiger charge is 2.51. The summed E-state index contributed by atoms with van der Waals surface area (Å²) in [6, 6.07) is 28.7. The summed E-state index contributed by atoms with van der Waals surface area (Å²) >= 11 is 0. The molecule has 2 aliphatic heterocycles. The smallest absolute Gasteiger partial charge is 0.213 e. The van der Waals surface area contributed by atoms with E-state index in [1.54, 1.807) is 5.47 Å². The van der Waals surface area contributed by atoms with E-state index >= 15 is 0 Å². The number of fused-ring (bicyclic) bond motifs is 5. The Morgan fingerprint density at radius 2 is 1.61 bits per heavy atom. The molecule has 0 saturated heterocycles. The van der Waals surface area contributed by atoms with Gasteiger partial charge in [0.1, 0.15) is 0 Å². The third kappa shape index (κ3) is 2.73. The maximum atomic E-state index is 4.10. The molecule has 3 aliphatic rings. The fraction of sp³-hybridized carbons (Fsp3) is 0.161. The first kappa shape index (κ1) is 20.1. The molecule has 1 aliphatic carbocycles. The fourth-order valence-corrected chi connectivity index (χ4v) is 6.49. The minimum atomic E-state index is -0.00422. The summed E-state index contributed by atoms with van der Waals surface area (Å²) in [5, 5.41) is 0. The van der Waals surface area contributed by atoms with Crippen molar-refractivity contribution in [2.45, 2.75) is 32.5 Å². The number of benzene rings is 3. The van der Waals surface area contributed by atoms with E-state index in [0.717, 1.165) is 6.32 Å². The second-order valence-corrected chi connectivity index (χ2v) is 9.83. The van der Waals surface area contributed by atoms with E-state index in [-0.39, 0.29) is 5.41 Å². The van der Waals surface area contributed by atoms with Crippen molar-refractivity contribution < 1.29 is 0 Å². The summed E-state index contributed by atoms with van der Waals surface area (Å²) in [6.45, 7) is 11.6. The first-order valence-corrected chi connectivity index (χ1v) is 11.9. The number of anilines is 2. The predicted octanol–water partition coefficient (Wildman–Crippen LogP) is 7.64. The molecule has 0 spiro atoms. The van der Waals surface area contributed by atoms with Crippen molar-refractivity contribution in [3.63, 3.8) is 0 Å². The van der Waals surface area contributed by atoms with Gasteiger partial charge in [-0.1, -0.05) is 98.7 Å². The molecule has 1 nitrogen and oxygen atoms in total. The minimum absolute atomic E-state index is 0.00422. The van der Waals surface area contributed by atoms with Gasteiger partial charge in [-0.3, -0.25) is 0 Å². The molecule has 0 radical (unpaired) electrons. The molecule has 0 N–H and O–H groups in total. The first-order chi connectivity index (χ1) is 16.0. The van der Waals surface area contributed by atoms with Crippen molar-refractivity contribution in [2.75, 3.05) is 4.90 Å². The number of para-hydroxylation sites is 2. The number of allylic oxidation sites excluding steroid dienone is 7. The van der Waals surface area contributed by atoms with Crippen LogP contribution >= 0.6 is 0 Å². The van der Waals surface area contributed by atoms with Crippen LogP contribution in [0.25, 0.3) is 5.57 Å². The topological polar surface area (TPSA) is 3.24 Å². The Morgan fingerprint density at radius 1 is 0.909 bits per heavy atom. The van der Waals surface area contributed by atoms with E-state index in [1.165, 1.54) is 50.4 Å². The Balaban J connectivity index is 1.68. The van der Waals surface area contributed by atoms with Gasteiger partial charge in [-0.05, 0) is 64.8 Å². The zero-order chi connectivity index (χ0) is 22.7. The second-order valence-electron chi connectivity index (χ2n) is 9.83. The summed E-state index contributed by atoms with van der Waals surface area (Å²) < 4.78 is 0. The van der Waals surface area contributed by atoms with Crippen LogP contribution in [-0.4, -0.2) is 6.71 Å². The van der Waals surface area contributed by atoms with Crippen LogP contribution in [0.4, 0.5) is 11.4 Å². The molecule has 2 heteroatoms. The van der Waals surface area contributed by atoms with Crippen LogP contribution in [0.15, 0.2) is 120 Å². The van der Waals surface area contributed by atoms with Crippen LogP contribution in [0.1, 0.15) is 37.5 Å². The maximum absolute atomic E-state index is 4.10. The lowest BCUT2D eigenvalue weighted by Crippen LogP contribution is -2.31. The molecule has 0 fully saturated rings. The van der Waals surface area contributed by atoms with Gasteiger partial charge < -0.3 is 4.90 Å². The third-order valence-corrected chi connectivity index (χ3v) is 7.75. The molecule has 2 heterocycles. The van der Waals surface area contributed by atoms with Gasteiger partial charge in [0.05, 0.1) is 0 Å². The van der Waals surface area contributed by atoms with Gasteiger partial charge in [0.25, 0.3) is 0 Å². The highest BCUT2D eigenvalue weighted by Crippen LogP contribution is 2.58. The van der Waals surface area contributed by atoms with E-state index in [0.29, 0.717) is 6.71 Å². The van der Waals surface area contributed by atoms with Crippen LogP contribution < -0.4 is 4.90 Å². The normalized spacial score (nSPS) is 19.3. The molecule has 160 valence electrons. The summed E-state index contributed by atoms with van der Waals surface area (Å²) in [4.78, 5) is 2.46. The highest BCUT2D eigenvalue weighted by molar-refractivity contribution is 6.79. The Hall–Kier alpha value is -3.52. The standard InChI is InChI=1S/C31H28BN/c1-5-13-25-28-24-17-10-11-18-26(24)31(3,4)30(28)32-20-22-14-9-12-19-27(22)33(21(2)29(25)32)23-15-7-6-8-16-23/h5-19H,1,20H2,2-4H3/b25-13-. The van der Waals surface area contributed by atoms with E-state index < -0.39 is 0 Å². The first-order valence-electron chi connectivity index (χ1n) is 11.9. The molecule has 0 unspecified atom stereocenters. The quantitative estimate of drug-likeness (QED) is 0.382. The zero-order valence-electron chi connectivity index (χ0n) is 19.6. The van der Waals surface area contributed by atoms with Gasteiger partial charge in [-0.25, -0.2) is 0 Å². The molecule has 6 rings (SSSR count). The van der Waals surface area contributed by atoms with Gasteiger partial charge in [0, 0.05) is 22.5 Å². The second kappa shape index (κ2) is 7.25. The average molecular weight is 425 g/mol. The van der Waals surface area contributed by atoms with Crippen molar-refractivity contribution in [1.29, 1.82) is 0 Å². The zero-order valence-corrected chi connectivity index (χ0v) is 19.6. The van der Waals surface area contributed by atoms with Crippen molar-refractivity contribution in [1.82, 2.24) is 0 Å². The average Bonchev–Trinajstić information content (AvgIpc) is 3.22. The minimum Gasteiger partial charge on any atom is -0.315 e. The molecule has 0 aromatic heterocycles. The van der Waals surface area contributed by atoms with Gasteiger partial charge >= 0.3 is 0 Å². The lowest BCUT2D eigenvalue weighted by molar-refractivity contribution is 0.665. The summed E-state index contributed by atoms with van der Waals surface area (Å²) in [7, 11) is 0. The number of hydrogen-bond acceptors (Lipinski definition) is 1. The van der Waals surface area contributed by atoms with E-state index in [2.05, 4.69) is 117 Å². The summed E-state index contributed by atoms with van der Waals surface area (Å²) in [5.74, 6) is 0. The fourth-order valence-electron chi connectivity index (χ4n) is 6.49. The van der Waals surface area contributed by atoms with Crippen LogP contribution in [0.2, 0.25) is 0 Å². The molecule has 0 bridgehead atoms. The highest BCUT2D eigenvalue weighted by atomic mass is 15.1. The largest absolute Gasteiger partial charge is 0.315 e. The Bertz CT molecular complexity index is 1390. The Labute approximate surface area is 197 Å². The van der Waals surface area contributed by atoms with Crippen molar-refractivity contribution in [3.05, 3.63) is 136 Å². The monoisotopic (exact) mass is 425 g/mol. The van der Waals surface area contributed by atoms with Gasteiger partial charge in [0.2, 0.25) is 6.71 Å². The molecular formula is C31H28BN. The van der Waals surface area contributed by atoms with Gasteiger partial charge in [-0.15, -0.1) is 0 Å². The number of nitrogens with zero attached hydrogens (tertiary/aromatic N) is 1. The van der Waals surface area contributed by atoms with Crippen molar-refractivity contribution in [3.8, 4) is 0 Å². The Morgan fingerprint density at radius 3 is 2.39 bits per heavy atom. The van der Waals surface area contributed by atoms with E-state index in [1.807, 2.05) is 6.08 Å². The third-order valence-electron chi connectivity index (χ3n) is 7.75. The van der Waals surface area contributed by atoms with Crippen LogP contribution in [0, 0.1) is 0 Å². The number of hydrogen-bond donors (Lipinski definition) is 0. The van der Waals surface area contributed by atoms with Crippen molar-refractivity contribution >= 4 is 23.7 Å². The van der Waals surface area contributed by atoms with Crippen molar-refractivity contribution in [2.24, 2.45) is 0 Å². The SMILES string of the molecule is C=C/C=C1\C2=C(C)N(c3ccccc3)c3ccccc3CB2C2=C1c1ccccc1C2(C)C. The van der Waals surface area contributed by atoms with Crippen LogP contribution in [0.3, 0.4) is 0 Å². The molecule has 3 aromatic carbocycles. The molecular weight excluding hydrogens is 397 g/mol. The van der Waals surface area contributed by atoms with Gasteiger partial charge in [0.15, 0.2) is 0 Å². The summed E-state index contributed by atoms with van der Waals surface area (Å²) in [6.07, 6.45) is 5.21. The molecule has 0 saturated carbocycles. The lowest BCUT2D eigenvalue weighted by atomic mass is 9.35. The molecule has 0 amide bonds. The Kier molecular flexibility index (Phi) is 4.42. The van der Waals surface area contributed by atoms with Crippen LogP contribution in [0.5, 0.6) is 0 Å². The molecule has 0 atom stereocenters. The van der Waals surface area contributed by atoms with Gasteiger partial charge in [-0.2, -0.15) is 0 Å². The molecule has 33 heavy (non-hydrogen) atoms. The summed E-state index contributed by atoms with van der Waals surface area (Å²) in [5.41, 5.74) is 13.8. The maximum Gasteiger partial charge on any atom is 0.213 e. The number of rotatable bonds is 2. The van der Waals surface area contributed by atoms with Crippen LogP contribution in [-0.2, 0) is 11.7 Å². The lowest BCUT2D eigenvalue weighted by Gasteiger charge is -2.30. The van der Waals surface area contributed by atoms with E-state index in [9.17, 15) is 0 Å². The van der Waals surface area contributed by atoms with E-state index in [4.69, 9.17) is 0 Å².